The van der Waals surface area contributed by atoms with E-state index < -0.39 is 6.03 Å². The molecule has 31 heavy (non-hydrogen) atoms. The molecule has 2 aromatic heterocycles. The maximum absolute atomic E-state index is 12.6. The average Bonchev–Trinajstić information content (AvgIpc) is 3.46. The summed E-state index contributed by atoms with van der Waals surface area (Å²) in [6.45, 7) is 2.99. The first-order valence-corrected chi connectivity index (χ1v) is 10.9. The zero-order chi connectivity index (χ0) is 22.1. The summed E-state index contributed by atoms with van der Waals surface area (Å²) in [5.74, 6) is 1.05. The van der Waals surface area contributed by atoms with Gasteiger partial charge in [0.2, 0.25) is 5.91 Å². The number of carbonyl (C=O) groups is 2. The van der Waals surface area contributed by atoms with Crippen molar-refractivity contribution in [2.24, 2.45) is 0 Å². The van der Waals surface area contributed by atoms with E-state index in [0.29, 0.717) is 12.3 Å². The topological polar surface area (TPSA) is 83.8 Å². The van der Waals surface area contributed by atoms with Gasteiger partial charge in [-0.1, -0.05) is 18.2 Å². The highest BCUT2D eigenvalue weighted by Gasteiger charge is 2.20. The highest BCUT2D eigenvalue weighted by molar-refractivity contribution is 7.09. The Morgan fingerprint density at radius 2 is 1.97 bits per heavy atom. The van der Waals surface area contributed by atoms with E-state index in [1.54, 1.807) is 30.6 Å². The molecule has 3 amide bonds. The Kier molecular flexibility index (Phi) is 8.26. The molecule has 0 aliphatic carbocycles. The first-order valence-electron chi connectivity index (χ1n) is 10.0. The van der Waals surface area contributed by atoms with Crippen LogP contribution in [0.4, 0.5) is 4.79 Å². The van der Waals surface area contributed by atoms with Gasteiger partial charge in [-0.15, -0.1) is 11.3 Å². The number of nitrogens with zero attached hydrogens (tertiary/aromatic N) is 1. The number of furan rings is 1. The lowest BCUT2D eigenvalue weighted by molar-refractivity contribution is -0.121. The van der Waals surface area contributed by atoms with Crippen molar-refractivity contribution in [1.29, 1.82) is 0 Å². The number of imide groups is 1. The third-order valence-corrected chi connectivity index (χ3v) is 5.75. The van der Waals surface area contributed by atoms with Gasteiger partial charge < -0.3 is 14.5 Å². The molecule has 0 saturated carbocycles. The smallest absolute Gasteiger partial charge is 0.321 e. The predicted molar refractivity (Wildman–Crippen MR) is 120 cm³/mol. The summed E-state index contributed by atoms with van der Waals surface area (Å²) in [5, 5.41) is 7.07. The molecule has 7 nitrogen and oxygen atoms in total. The molecule has 2 heterocycles. The minimum atomic E-state index is -0.545. The third kappa shape index (κ3) is 7.27. The Morgan fingerprint density at radius 3 is 2.61 bits per heavy atom. The molecule has 8 heteroatoms. The molecule has 0 saturated heterocycles. The number of nitrogens with one attached hydrogen (secondary N) is 2. The van der Waals surface area contributed by atoms with Crippen LogP contribution in [0.15, 0.2) is 64.6 Å². The molecular weight excluding hydrogens is 414 g/mol. The van der Waals surface area contributed by atoms with Crippen molar-refractivity contribution >= 4 is 23.3 Å². The van der Waals surface area contributed by atoms with E-state index >= 15 is 0 Å². The van der Waals surface area contributed by atoms with Crippen LogP contribution in [-0.4, -0.2) is 36.5 Å². The second-order valence-electron chi connectivity index (χ2n) is 7.20. The van der Waals surface area contributed by atoms with Crippen LogP contribution in [0.3, 0.4) is 0 Å². The zero-order valence-electron chi connectivity index (χ0n) is 17.7. The highest BCUT2D eigenvalue weighted by atomic mass is 32.1. The molecule has 3 aromatic rings. The van der Waals surface area contributed by atoms with E-state index in [-0.39, 0.29) is 25.0 Å². The maximum atomic E-state index is 12.6. The van der Waals surface area contributed by atoms with Crippen LogP contribution in [0.1, 0.15) is 23.1 Å². The first kappa shape index (κ1) is 22.6. The van der Waals surface area contributed by atoms with Gasteiger partial charge in [0.15, 0.2) is 0 Å². The molecule has 1 unspecified atom stereocenters. The Labute approximate surface area is 186 Å². The molecule has 164 valence electrons. The summed E-state index contributed by atoms with van der Waals surface area (Å²) in [4.78, 5) is 28.0. The number of thiophene rings is 1. The van der Waals surface area contributed by atoms with E-state index in [4.69, 9.17) is 9.15 Å². The maximum Gasteiger partial charge on any atom is 0.321 e. The van der Waals surface area contributed by atoms with Gasteiger partial charge >= 0.3 is 6.03 Å². The second kappa shape index (κ2) is 11.3. The van der Waals surface area contributed by atoms with Crippen molar-refractivity contribution in [1.82, 2.24) is 15.5 Å². The Bertz CT molecular complexity index is 940. The number of amides is 3. The van der Waals surface area contributed by atoms with E-state index in [2.05, 4.69) is 28.5 Å². The van der Waals surface area contributed by atoms with Crippen LogP contribution in [0.25, 0.3) is 0 Å². The largest absolute Gasteiger partial charge is 0.497 e. The Hall–Kier alpha value is -3.10. The summed E-state index contributed by atoms with van der Waals surface area (Å²) in [6.07, 6.45) is 2.36. The standard InChI is InChI=1S/C23H27N3O4S/c1-17(13-21-6-4-12-31-21)26(15-18-7-9-19(29-2)10-8-18)16-22(27)25-23(28)24-14-20-5-3-11-30-20/h3-12,17H,13-16H2,1-2H3,(H2,24,25,27,28). The quantitative estimate of drug-likeness (QED) is 0.500. The molecule has 0 bridgehead atoms. The molecule has 0 spiro atoms. The van der Waals surface area contributed by atoms with Crippen LogP contribution in [0, 0.1) is 0 Å². The lowest BCUT2D eigenvalue weighted by atomic mass is 10.1. The number of urea groups is 1. The van der Waals surface area contributed by atoms with Gasteiger partial charge in [-0.25, -0.2) is 4.79 Å². The lowest BCUT2D eigenvalue weighted by Gasteiger charge is -2.28. The van der Waals surface area contributed by atoms with Crippen molar-refractivity contribution in [3.8, 4) is 5.75 Å². The molecular formula is C23H27N3O4S. The Balaban J connectivity index is 1.59. The predicted octanol–water partition coefficient (Wildman–Crippen LogP) is 3.81. The molecule has 3 rings (SSSR count). The summed E-state index contributed by atoms with van der Waals surface area (Å²) in [7, 11) is 1.63. The highest BCUT2D eigenvalue weighted by Crippen LogP contribution is 2.18. The third-order valence-electron chi connectivity index (χ3n) is 4.85. The number of methoxy groups -OCH3 is 1. The van der Waals surface area contributed by atoms with Gasteiger partial charge in [-0.2, -0.15) is 0 Å². The minimum absolute atomic E-state index is 0.104. The summed E-state index contributed by atoms with van der Waals surface area (Å²) in [5.41, 5.74) is 1.06. The fourth-order valence-electron chi connectivity index (χ4n) is 3.16. The van der Waals surface area contributed by atoms with Gasteiger partial charge in [-0.05, 0) is 54.6 Å². The number of hydrogen-bond acceptors (Lipinski definition) is 6. The van der Waals surface area contributed by atoms with Gasteiger partial charge in [0.1, 0.15) is 11.5 Å². The second-order valence-corrected chi connectivity index (χ2v) is 8.23. The number of benzene rings is 1. The van der Waals surface area contributed by atoms with Gasteiger partial charge in [-0.3, -0.25) is 15.0 Å². The number of hydrogen-bond donors (Lipinski definition) is 2. The van der Waals surface area contributed by atoms with Crippen molar-refractivity contribution in [2.75, 3.05) is 13.7 Å². The van der Waals surface area contributed by atoms with Crippen LogP contribution >= 0.6 is 11.3 Å². The van der Waals surface area contributed by atoms with Crippen molar-refractivity contribution in [3.63, 3.8) is 0 Å². The number of rotatable bonds is 10. The summed E-state index contributed by atoms with van der Waals surface area (Å²) in [6, 6.07) is 15.0. The van der Waals surface area contributed by atoms with E-state index in [1.165, 1.54) is 11.1 Å². The minimum Gasteiger partial charge on any atom is -0.497 e. The van der Waals surface area contributed by atoms with Crippen LogP contribution in [0.5, 0.6) is 5.75 Å². The molecule has 0 aliphatic rings. The normalized spacial score (nSPS) is 11.8. The number of ether oxygens (including phenoxy) is 1. The van der Waals surface area contributed by atoms with Crippen LogP contribution in [-0.2, 0) is 24.3 Å². The molecule has 0 fully saturated rings. The monoisotopic (exact) mass is 441 g/mol. The average molecular weight is 442 g/mol. The fraction of sp³-hybridized carbons (Fsp3) is 0.304. The summed E-state index contributed by atoms with van der Waals surface area (Å²) >= 11 is 1.70. The van der Waals surface area contributed by atoms with Crippen molar-refractivity contribution < 1.29 is 18.7 Å². The SMILES string of the molecule is COc1ccc(CN(CC(=O)NC(=O)NCc2ccco2)C(C)Cc2cccs2)cc1. The van der Waals surface area contributed by atoms with Crippen molar-refractivity contribution in [3.05, 3.63) is 76.4 Å². The number of carbonyl (C=O) groups excluding carboxylic acids is 2. The lowest BCUT2D eigenvalue weighted by Crippen LogP contribution is -2.46. The van der Waals surface area contributed by atoms with E-state index in [0.717, 1.165) is 17.7 Å². The fourth-order valence-corrected chi connectivity index (χ4v) is 3.98. The Morgan fingerprint density at radius 1 is 1.16 bits per heavy atom. The zero-order valence-corrected chi connectivity index (χ0v) is 18.5. The van der Waals surface area contributed by atoms with Crippen LogP contribution in [0.2, 0.25) is 0 Å². The molecule has 0 aliphatic heterocycles. The van der Waals surface area contributed by atoms with Crippen molar-refractivity contribution in [2.45, 2.75) is 32.5 Å². The molecule has 0 radical (unpaired) electrons. The van der Waals surface area contributed by atoms with Gasteiger partial charge in [0.25, 0.3) is 0 Å². The molecule has 1 atom stereocenters. The first-order chi connectivity index (χ1) is 15.0. The summed E-state index contributed by atoms with van der Waals surface area (Å²) < 4.78 is 10.4. The van der Waals surface area contributed by atoms with Gasteiger partial charge in [0.05, 0.1) is 26.5 Å². The molecule has 1 aromatic carbocycles. The van der Waals surface area contributed by atoms with E-state index in [1.807, 2.05) is 35.7 Å². The molecule has 2 N–H and O–H groups in total. The van der Waals surface area contributed by atoms with E-state index in [9.17, 15) is 9.59 Å². The van der Waals surface area contributed by atoms with Gasteiger partial charge in [0, 0.05) is 17.5 Å². The van der Waals surface area contributed by atoms with Crippen LogP contribution < -0.4 is 15.4 Å².